The molecule has 0 spiro atoms. The summed E-state index contributed by atoms with van der Waals surface area (Å²) < 4.78 is 5.12. The van der Waals surface area contributed by atoms with E-state index in [0.29, 0.717) is 17.0 Å². The van der Waals surface area contributed by atoms with Crippen LogP contribution >= 0.6 is 0 Å². The van der Waals surface area contributed by atoms with E-state index in [4.69, 9.17) is 4.74 Å². The quantitative estimate of drug-likeness (QED) is 0.853. The Morgan fingerprint density at radius 2 is 2.00 bits per heavy atom. The predicted octanol–water partition coefficient (Wildman–Crippen LogP) is 2.14. The van der Waals surface area contributed by atoms with Gasteiger partial charge in [-0.05, 0) is 39.0 Å². The van der Waals surface area contributed by atoms with Gasteiger partial charge in [0.1, 0.15) is 5.75 Å². The Morgan fingerprint density at radius 1 is 1.28 bits per heavy atom. The van der Waals surface area contributed by atoms with E-state index < -0.39 is 0 Å². The van der Waals surface area contributed by atoms with E-state index in [1.165, 1.54) is 0 Å². The Morgan fingerprint density at radius 3 is 2.61 bits per heavy atom. The average Bonchev–Trinajstić information content (AvgIpc) is 2.31. The highest BCUT2D eigenvalue weighted by molar-refractivity contribution is 5.92. The van der Waals surface area contributed by atoms with Crippen LogP contribution in [0.25, 0.3) is 10.8 Å². The van der Waals surface area contributed by atoms with Crippen molar-refractivity contribution in [1.82, 2.24) is 10.2 Å². The summed E-state index contributed by atoms with van der Waals surface area (Å²) in [6.45, 7) is 6.11. The lowest BCUT2D eigenvalue weighted by molar-refractivity contribution is 0.415. The molecule has 1 heterocycles. The van der Waals surface area contributed by atoms with E-state index >= 15 is 0 Å². The van der Waals surface area contributed by atoms with Crippen LogP contribution in [0.4, 0.5) is 5.82 Å². The molecule has 0 bridgehead atoms. The molecule has 18 heavy (non-hydrogen) atoms. The van der Waals surface area contributed by atoms with Crippen molar-refractivity contribution in [2.75, 3.05) is 12.4 Å². The minimum atomic E-state index is -0.219. The first-order valence-electron chi connectivity index (χ1n) is 5.75. The van der Waals surface area contributed by atoms with Gasteiger partial charge >= 0.3 is 0 Å². The zero-order valence-electron chi connectivity index (χ0n) is 11.0. The molecule has 0 aliphatic rings. The number of benzene rings is 1. The van der Waals surface area contributed by atoms with E-state index in [1.807, 2.05) is 32.9 Å². The monoisotopic (exact) mass is 247 g/mol. The second kappa shape index (κ2) is 4.33. The largest absolute Gasteiger partial charge is 0.497 e. The molecular weight excluding hydrogens is 230 g/mol. The van der Waals surface area contributed by atoms with Crippen LogP contribution in [0.1, 0.15) is 20.8 Å². The van der Waals surface area contributed by atoms with E-state index in [-0.39, 0.29) is 11.1 Å². The van der Waals surface area contributed by atoms with Crippen molar-refractivity contribution in [1.29, 1.82) is 0 Å². The van der Waals surface area contributed by atoms with Crippen LogP contribution in [0.5, 0.6) is 5.75 Å². The van der Waals surface area contributed by atoms with Crippen molar-refractivity contribution in [2.24, 2.45) is 0 Å². The highest BCUT2D eigenvalue weighted by Gasteiger charge is 2.14. The van der Waals surface area contributed by atoms with Gasteiger partial charge in [-0.1, -0.05) is 0 Å². The molecule has 0 amide bonds. The number of nitrogens with zero attached hydrogens (tertiary/aromatic N) is 1. The standard InChI is InChI=1S/C13H17N3O2/c1-13(2,3)14-11-9-6-5-8(18-4)7-10(9)12(17)16-15-11/h5-7H,1-4H3,(H,14,15)(H,16,17). The molecule has 5 nitrogen and oxygen atoms in total. The second-order valence-corrected chi connectivity index (χ2v) is 5.19. The SMILES string of the molecule is COc1ccc2c(NC(C)(C)C)n[nH]c(=O)c2c1. The molecule has 2 rings (SSSR count). The fourth-order valence-corrected chi connectivity index (χ4v) is 1.72. The van der Waals surface area contributed by atoms with E-state index in [9.17, 15) is 4.79 Å². The highest BCUT2D eigenvalue weighted by atomic mass is 16.5. The third kappa shape index (κ3) is 2.45. The summed E-state index contributed by atoms with van der Waals surface area (Å²) >= 11 is 0. The fraction of sp³-hybridized carbons (Fsp3) is 0.385. The number of methoxy groups -OCH3 is 1. The van der Waals surface area contributed by atoms with Gasteiger partial charge in [0.25, 0.3) is 5.56 Å². The number of aromatic amines is 1. The molecular formula is C13H17N3O2. The zero-order chi connectivity index (χ0) is 13.3. The molecule has 2 N–H and O–H groups in total. The number of H-pyrrole nitrogens is 1. The first-order chi connectivity index (χ1) is 8.40. The van der Waals surface area contributed by atoms with Crippen molar-refractivity contribution in [2.45, 2.75) is 26.3 Å². The smallest absolute Gasteiger partial charge is 0.272 e. The topological polar surface area (TPSA) is 67.0 Å². The predicted molar refractivity (Wildman–Crippen MR) is 72.3 cm³/mol. The number of aromatic nitrogens is 2. The van der Waals surface area contributed by atoms with Crippen molar-refractivity contribution in [3.05, 3.63) is 28.6 Å². The first-order valence-corrected chi connectivity index (χ1v) is 5.75. The van der Waals surface area contributed by atoms with Crippen LogP contribution in [-0.4, -0.2) is 22.8 Å². The lowest BCUT2D eigenvalue weighted by atomic mass is 10.1. The molecule has 2 aromatic rings. The van der Waals surface area contributed by atoms with Gasteiger partial charge in [0.05, 0.1) is 12.5 Å². The summed E-state index contributed by atoms with van der Waals surface area (Å²) in [6, 6.07) is 5.37. The van der Waals surface area contributed by atoms with Crippen molar-refractivity contribution in [3.8, 4) is 5.75 Å². The summed E-state index contributed by atoms with van der Waals surface area (Å²) in [5, 5.41) is 11.2. The summed E-state index contributed by atoms with van der Waals surface area (Å²) in [5.74, 6) is 1.32. The van der Waals surface area contributed by atoms with Gasteiger partial charge in [-0.25, -0.2) is 5.10 Å². The molecule has 0 aliphatic heterocycles. The number of hydrogen-bond donors (Lipinski definition) is 2. The summed E-state index contributed by atoms with van der Waals surface area (Å²) in [5.41, 5.74) is -0.346. The summed E-state index contributed by atoms with van der Waals surface area (Å²) in [6.07, 6.45) is 0. The van der Waals surface area contributed by atoms with Crippen LogP contribution in [0.3, 0.4) is 0 Å². The average molecular weight is 247 g/mol. The maximum atomic E-state index is 11.8. The maximum Gasteiger partial charge on any atom is 0.272 e. The maximum absolute atomic E-state index is 11.8. The number of nitrogens with one attached hydrogen (secondary N) is 2. The molecule has 0 aliphatic carbocycles. The van der Waals surface area contributed by atoms with Crippen molar-refractivity contribution >= 4 is 16.6 Å². The van der Waals surface area contributed by atoms with Gasteiger partial charge in [-0.3, -0.25) is 4.79 Å². The van der Waals surface area contributed by atoms with E-state index in [0.717, 1.165) is 5.39 Å². The molecule has 1 aromatic heterocycles. The number of hydrogen-bond acceptors (Lipinski definition) is 4. The van der Waals surface area contributed by atoms with Crippen LogP contribution in [0.15, 0.2) is 23.0 Å². The van der Waals surface area contributed by atoms with Crippen molar-refractivity contribution < 1.29 is 4.74 Å². The fourth-order valence-electron chi connectivity index (χ4n) is 1.72. The van der Waals surface area contributed by atoms with Gasteiger partial charge < -0.3 is 10.1 Å². The molecule has 0 atom stereocenters. The summed E-state index contributed by atoms with van der Waals surface area (Å²) in [7, 11) is 1.57. The molecule has 1 aromatic carbocycles. The molecule has 96 valence electrons. The molecule has 0 saturated heterocycles. The minimum Gasteiger partial charge on any atom is -0.497 e. The van der Waals surface area contributed by atoms with Crippen LogP contribution in [0, 0.1) is 0 Å². The Balaban J connectivity index is 2.63. The first kappa shape index (κ1) is 12.4. The second-order valence-electron chi connectivity index (χ2n) is 5.19. The third-order valence-corrected chi connectivity index (χ3v) is 2.49. The van der Waals surface area contributed by atoms with Crippen molar-refractivity contribution in [3.63, 3.8) is 0 Å². The van der Waals surface area contributed by atoms with Gasteiger partial charge in [0.2, 0.25) is 0 Å². The number of ether oxygens (including phenoxy) is 1. The number of rotatable bonds is 2. The Kier molecular flexibility index (Phi) is 2.98. The minimum absolute atomic E-state index is 0.127. The van der Waals surface area contributed by atoms with Gasteiger partial charge in [0, 0.05) is 10.9 Å². The third-order valence-electron chi connectivity index (χ3n) is 2.49. The highest BCUT2D eigenvalue weighted by Crippen LogP contribution is 2.24. The lowest BCUT2D eigenvalue weighted by Crippen LogP contribution is -2.27. The number of anilines is 1. The molecule has 5 heteroatoms. The van der Waals surface area contributed by atoms with Crippen LogP contribution in [0.2, 0.25) is 0 Å². The van der Waals surface area contributed by atoms with Gasteiger partial charge in [-0.2, -0.15) is 5.10 Å². The van der Waals surface area contributed by atoms with E-state index in [2.05, 4.69) is 15.5 Å². The normalized spacial score (nSPS) is 11.6. The number of fused-ring (bicyclic) bond motifs is 1. The van der Waals surface area contributed by atoms with E-state index in [1.54, 1.807) is 13.2 Å². The Hall–Kier alpha value is -2.04. The Labute approximate surface area is 105 Å². The van der Waals surface area contributed by atoms with Gasteiger partial charge in [-0.15, -0.1) is 0 Å². The molecule has 0 saturated carbocycles. The summed E-state index contributed by atoms with van der Waals surface area (Å²) in [4.78, 5) is 11.8. The zero-order valence-corrected chi connectivity index (χ0v) is 11.0. The Bertz CT molecular complexity index is 626. The van der Waals surface area contributed by atoms with Crippen LogP contribution < -0.4 is 15.6 Å². The molecule has 0 fully saturated rings. The van der Waals surface area contributed by atoms with Crippen LogP contribution in [-0.2, 0) is 0 Å². The van der Waals surface area contributed by atoms with Gasteiger partial charge in [0.15, 0.2) is 5.82 Å². The molecule has 0 radical (unpaired) electrons. The lowest BCUT2D eigenvalue weighted by Gasteiger charge is -2.21. The molecule has 0 unspecified atom stereocenters.